The van der Waals surface area contributed by atoms with E-state index >= 15 is 0 Å². The minimum Gasteiger partial charge on any atom is -0.461 e. The molecule has 1 aromatic rings. The van der Waals surface area contributed by atoms with Crippen molar-refractivity contribution in [1.29, 1.82) is 0 Å². The van der Waals surface area contributed by atoms with E-state index in [1.54, 1.807) is 6.07 Å². The van der Waals surface area contributed by atoms with Gasteiger partial charge in [0, 0.05) is 22.7 Å². The van der Waals surface area contributed by atoms with Gasteiger partial charge in [0.2, 0.25) is 6.10 Å². The van der Waals surface area contributed by atoms with E-state index in [9.17, 15) is 36.0 Å². The molecule has 9 nitrogen and oxygen atoms in total. The van der Waals surface area contributed by atoms with Crippen LogP contribution in [-0.2, 0) is 29.2 Å². The molecule has 7 atom stereocenters. The van der Waals surface area contributed by atoms with Gasteiger partial charge in [-0.2, -0.15) is 21.6 Å². The summed E-state index contributed by atoms with van der Waals surface area (Å²) in [5, 5.41) is 2.77. The zero-order valence-corrected chi connectivity index (χ0v) is 24.4. The van der Waals surface area contributed by atoms with E-state index in [-0.39, 0.29) is 6.42 Å². The standard InChI is InChI=1S/C19H15F3I3NO8S/c20-19(21,22)10(4-35(30,31)32)33-18(29)12-6-3-7-11(17(28)34-15(7)12)14(6)26-16(27)8-1-5(23)2-9(24)13(8)25/h1-2,6-7,10-12,14-15H,3-4H2,(H,26,27)(H,30,31,32). The van der Waals surface area contributed by atoms with Gasteiger partial charge in [-0.15, -0.1) is 0 Å². The Hall–Kier alpha value is -0.480. The number of benzene rings is 1. The summed E-state index contributed by atoms with van der Waals surface area (Å²) in [6.07, 6.45) is -9.15. The van der Waals surface area contributed by atoms with Crippen molar-refractivity contribution < 1.29 is 50.0 Å². The number of ether oxygens (including phenoxy) is 2. The minimum atomic E-state index is -5.26. The van der Waals surface area contributed by atoms with E-state index in [1.807, 2.05) is 51.2 Å². The topological polar surface area (TPSA) is 136 Å². The number of hydrogen-bond acceptors (Lipinski definition) is 7. The van der Waals surface area contributed by atoms with Crippen LogP contribution in [0.3, 0.4) is 0 Å². The van der Waals surface area contributed by atoms with Crippen LogP contribution in [0.15, 0.2) is 12.1 Å². The van der Waals surface area contributed by atoms with E-state index in [4.69, 9.17) is 9.29 Å². The lowest BCUT2D eigenvalue weighted by Crippen LogP contribution is -2.51. The van der Waals surface area contributed by atoms with Crippen molar-refractivity contribution in [3.05, 3.63) is 28.4 Å². The number of nitrogens with one attached hydrogen (secondary N) is 1. The fourth-order valence-electron chi connectivity index (χ4n) is 5.11. The van der Waals surface area contributed by atoms with Crippen molar-refractivity contribution in [2.45, 2.75) is 30.8 Å². The summed E-state index contributed by atoms with van der Waals surface area (Å²) in [7, 11) is -5.12. The molecular weight excluding hydrogens is 840 g/mol. The van der Waals surface area contributed by atoms with Gasteiger partial charge in [-0.3, -0.25) is 18.9 Å². The van der Waals surface area contributed by atoms with Crippen molar-refractivity contribution in [2.24, 2.45) is 23.7 Å². The third-order valence-corrected chi connectivity index (χ3v) is 10.8. The fourth-order valence-corrected chi connectivity index (χ4v) is 8.16. The molecule has 2 N–H and O–H groups in total. The third kappa shape index (κ3) is 5.40. The molecule has 4 rings (SSSR count). The molecular formula is C19H15F3I3NO8S. The molecule has 3 aliphatic rings. The molecule has 16 heteroatoms. The smallest absolute Gasteiger partial charge is 0.426 e. The highest BCUT2D eigenvalue weighted by atomic mass is 127. The van der Waals surface area contributed by atoms with Crippen LogP contribution in [0.1, 0.15) is 16.8 Å². The highest BCUT2D eigenvalue weighted by Crippen LogP contribution is 2.58. The number of fused-ring (bicyclic) bond motifs is 1. The second-order valence-electron chi connectivity index (χ2n) is 8.48. The number of amides is 1. The van der Waals surface area contributed by atoms with E-state index in [0.717, 1.165) is 7.14 Å². The number of carbonyl (C=O) groups is 3. The zero-order valence-electron chi connectivity index (χ0n) is 17.1. The Bertz CT molecular complexity index is 1210. The maximum Gasteiger partial charge on any atom is 0.426 e. The number of halogens is 6. The second-order valence-corrected chi connectivity index (χ2v) is 13.5. The van der Waals surface area contributed by atoms with Gasteiger partial charge >= 0.3 is 18.1 Å². The van der Waals surface area contributed by atoms with Gasteiger partial charge in [-0.05, 0) is 92.2 Å². The number of carbonyl (C=O) groups excluding carboxylic acids is 3. The number of hydrogen-bond donors (Lipinski definition) is 2. The fraction of sp³-hybridized carbons (Fsp3) is 0.526. The molecule has 7 unspecified atom stereocenters. The van der Waals surface area contributed by atoms with Crippen LogP contribution in [0.25, 0.3) is 0 Å². The summed E-state index contributed by atoms with van der Waals surface area (Å²) in [5.74, 6) is -7.78. The molecule has 192 valence electrons. The molecule has 0 aromatic heterocycles. The van der Waals surface area contributed by atoms with Crippen molar-refractivity contribution in [1.82, 2.24) is 5.32 Å². The molecule has 2 bridgehead atoms. The summed E-state index contributed by atoms with van der Waals surface area (Å²) in [6.45, 7) is 0. The average molecular weight is 855 g/mol. The summed E-state index contributed by atoms with van der Waals surface area (Å²) < 4.78 is 82.8. The molecule has 0 spiro atoms. The predicted octanol–water partition coefficient (Wildman–Crippen LogP) is 2.77. The first kappa shape index (κ1) is 27.6. The lowest BCUT2D eigenvalue weighted by Gasteiger charge is -2.32. The van der Waals surface area contributed by atoms with Crippen LogP contribution in [-0.4, -0.2) is 61.0 Å². The SMILES string of the molecule is O=C(NC1C2CC3C(OC(=O)C31)C2C(=O)OC(CS(=O)(=O)O)C(F)(F)F)c1cc(I)cc(I)c1I. The van der Waals surface area contributed by atoms with Crippen LogP contribution >= 0.6 is 67.8 Å². The Morgan fingerprint density at radius 2 is 1.89 bits per heavy atom. The maximum absolute atomic E-state index is 13.3. The molecule has 35 heavy (non-hydrogen) atoms. The number of rotatable bonds is 6. The van der Waals surface area contributed by atoms with E-state index in [1.165, 1.54) is 0 Å². The maximum atomic E-state index is 13.3. The third-order valence-electron chi connectivity index (χ3n) is 6.41. The van der Waals surface area contributed by atoms with Crippen molar-refractivity contribution >= 4 is 95.7 Å². The Balaban J connectivity index is 1.58. The van der Waals surface area contributed by atoms with Crippen molar-refractivity contribution in [3.63, 3.8) is 0 Å². The van der Waals surface area contributed by atoms with Gasteiger partial charge in [0.05, 0.1) is 17.4 Å². The molecule has 1 heterocycles. The monoisotopic (exact) mass is 855 g/mol. The largest absolute Gasteiger partial charge is 0.461 e. The molecule has 1 amide bonds. The first-order chi connectivity index (χ1) is 16.1. The van der Waals surface area contributed by atoms with Gasteiger partial charge in [0.1, 0.15) is 11.9 Å². The molecule has 3 fully saturated rings. The molecule has 0 radical (unpaired) electrons. The van der Waals surface area contributed by atoms with Crippen LogP contribution in [0.4, 0.5) is 13.2 Å². The van der Waals surface area contributed by atoms with Crippen LogP contribution < -0.4 is 5.32 Å². The Kier molecular flexibility index (Phi) is 7.62. The van der Waals surface area contributed by atoms with Gasteiger partial charge in [-0.1, -0.05) is 0 Å². The second kappa shape index (κ2) is 9.68. The predicted molar refractivity (Wildman–Crippen MR) is 137 cm³/mol. The minimum absolute atomic E-state index is 0.238. The average Bonchev–Trinajstić information content (AvgIpc) is 3.31. The Morgan fingerprint density at radius 3 is 2.49 bits per heavy atom. The molecule has 1 saturated heterocycles. The first-order valence-corrected chi connectivity index (χ1v) is 14.8. The van der Waals surface area contributed by atoms with Crippen LogP contribution in [0, 0.1) is 34.4 Å². The van der Waals surface area contributed by atoms with Crippen LogP contribution in [0.5, 0.6) is 0 Å². The van der Waals surface area contributed by atoms with E-state index in [0.29, 0.717) is 9.13 Å². The highest BCUT2D eigenvalue weighted by Gasteiger charge is 2.69. The van der Waals surface area contributed by atoms with E-state index in [2.05, 4.69) is 32.6 Å². The van der Waals surface area contributed by atoms with Gasteiger partial charge in [-0.25, -0.2) is 0 Å². The number of esters is 2. The molecule has 2 aliphatic carbocycles. The molecule has 1 aromatic carbocycles. The van der Waals surface area contributed by atoms with Gasteiger partial charge < -0.3 is 14.8 Å². The van der Waals surface area contributed by atoms with Gasteiger partial charge in [0.25, 0.3) is 16.0 Å². The highest BCUT2D eigenvalue weighted by molar-refractivity contribution is 14.1. The lowest BCUT2D eigenvalue weighted by molar-refractivity contribution is -0.220. The van der Waals surface area contributed by atoms with Crippen molar-refractivity contribution in [2.75, 3.05) is 5.75 Å². The molecule has 2 saturated carbocycles. The number of alkyl halides is 3. The Labute approximate surface area is 237 Å². The zero-order chi connectivity index (χ0) is 26.0. The van der Waals surface area contributed by atoms with Crippen LogP contribution in [0.2, 0.25) is 0 Å². The summed E-state index contributed by atoms with van der Waals surface area (Å²) >= 11 is 6.13. The van der Waals surface area contributed by atoms with Crippen molar-refractivity contribution in [3.8, 4) is 0 Å². The molecule has 1 aliphatic heterocycles. The summed E-state index contributed by atoms with van der Waals surface area (Å²) in [6, 6.07) is 2.64. The summed E-state index contributed by atoms with van der Waals surface area (Å²) in [5.41, 5.74) is 0.344. The summed E-state index contributed by atoms with van der Waals surface area (Å²) in [4.78, 5) is 38.4. The first-order valence-electron chi connectivity index (χ1n) is 9.96. The van der Waals surface area contributed by atoms with Gasteiger partial charge in [0.15, 0.2) is 0 Å². The normalized spacial score (nSPS) is 30.2. The quantitative estimate of drug-likeness (QED) is 0.193. The Morgan fingerprint density at radius 1 is 1.23 bits per heavy atom. The lowest BCUT2D eigenvalue weighted by atomic mass is 9.78. The van der Waals surface area contributed by atoms with E-state index < -0.39 is 81.8 Å².